The van der Waals surface area contributed by atoms with E-state index in [0.29, 0.717) is 29.7 Å². The SMILES string of the molecule is CCCCC[C@H](CN(O)C=O)c1nnc(Cc2cccc3occc23)o1. The molecule has 0 fully saturated rings. The number of fused-ring (bicyclic) bond motifs is 1. The molecule has 1 amide bonds. The highest BCUT2D eigenvalue weighted by molar-refractivity contribution is 5.81. The molecule has 0 aliphatic rings. The van der Waals surface area contributed by atoms with Crippen molar-refractivity contribution in [1.29, 1.82) is 0 Å². The zero-order chi connectivity index (χ0) is 18.4. The lowest BCUT2D eigenvalue weighted by atomic mass is 10.0. The number of furan rings is 1. The van der Waals surface area contributed by atoms with Gasteiger partial charge in [-0.1, -0.05) is 38.3 Å². The van der Waals surface area contributed by atoms with Crippen LogP contribution in [0, 0.1) is 0 Å². The number of carbonyl (C=O) groups is 1. The Kier molecular flexibility index (Phi) is 6.01. The van der Waals surface area contributed by atoms with Crippen LogP contribution in [0.25, 0.3) is 11.0 Å². The molecular formula is C19H23N3O4. The zero-order valence-electron chi connectivity index (χ0n) is 14.8. The second-order valence-electron chi connectivity index (χ2n) is 6.38. The fourth-order valence-electron chi connectivity index (χ4n) is 3.08. The Bertz CT molecular complexity index is 842. The van der Waals surface area contributed by atoms with Gasteiger partial charge >= 0.3 is 0 Å². The third kappa shape index (κ3) is 4.29. The molecule has 2 aromatic heterocycles. The van der Waals surface area contributed by atoms with Crippen LogP contribution in [0.2, 0.25) is 0 Å². The lowest BCUT2D eigenvalue weighted by Crippen LogP contribution is -2.24. The Balaban J connectivity index is 1.75. The number of hydrogen-bond donors (Lipinski definition) is 1. The molecule has 0 unspecified atom stereocenters. The summed E-state index contributed by atoms with van der Waals surface area (Å²) in [7, 11) is 0. The fraction of sp³-hybridized carbons (Fsp3) is 0.421. The summed E-state index contributed by atoms with van der Waals surface area (Å²) in [5, 5.41) is 19.5. The monoisotopic (exact) mass is 357 g/mol. The van der Waals surface area contributed by atoms with Crippen LogP contribution in [0.15, 0.2) is 39.4 Å². The summed E-state index contributed by atoms with van der Waals surface area (Å²) in [6.45, 7) is 2.27. The number of aromatic nitrogens is 2. The molecule has 1 aromatic carbocycles. The highest BCUT2D eigenvalue weighted by Crippen LogP contribution is 2.25. The summed E-state index contributed by atoms with van der Waals surface area (Å²) >= 11 is 0. The molecule has 7 heteroatoms. The molecule has 138 valence electrons. The van der Waals surface area contributed by atoms with Crippen LogP contribution in [-0.2, 0) is 11.2 Å². The van der Waals surface area contributed by atoms with Crippen molar-refractivity contribution < 1.29 is 18.8 Å². The normalized spacial score (nSPS) is 12.4. The fourth-order valence-corrected chi connectivity index (χ4v) is 3.08. The molecule has 1 atom stereocenters. The van der Waals surface area contributed by atoms with Crippen molar-refractivity contribution in [3.63, 3.8) is 0 Å². The molecule has 0 aliphatic heterocycles. The summed E-state index contributed by atoms with van der Waals surface area (Å²) in [6.07, 6.45) is 6.47. The molecule has 1 N–H and O–H groups in total. The van der Waals surface area contributed by atoms with Crippen LogP contribution in [0.3, 0.4) is 0 Å². The standard InChI is InChI=1S/C19H23N3O4/c1-2-3-4-6-15(12-22(24)13-23)19-21-20-18(26-19)11-14-7-5-8-17-16(14)9-10-25-17/h5,7-10,13,15,24H,2-4,6,11-12H2,1H3/t15-/m1/s1. The van der Waals surface area contributed by atoms with E-state index in [4.69, 9.17) is 8.83 Å². The number of nitrogens with zero attached hydrogens (tertiary/aromatic N) is 3. The Labute approximate surface area is 151 Å². The van der Waals surface area contributed by atoms with Gasteiger partial charge in [-0.25, -0.2) is 5.06 Å². The van der Waals surface area contributed by atoms with Gasteiger partial charge in [0.05, 0.1) is 25.1 Å². The van der Waals surface area contributed by atoms with Gasteiger partial charge in [-0.15, -0.1) is 10.2 Å². The van der Waals surface area contributed by atoms with E-state index in [-0.39, 0.29) is 12.5 Å². The van der Waals surface area contributed by atoms with Gasteiger partial charge in [0, 0.05) is 5.39 Å². The van der Waals surface area contributed by atoms with Gasteiger partial charge in [-0.05, 0) is 24.1 Å². The van der Waals surface area contributed by atoms with Crippen molar-refractivity contribution in [3.05, 3.63) is 47.9 Å². The second kappa shape index (κ2) is 8.62. The second-order valence-corrected chi connectivity index (χ2v) is 6.38. The van der Waals surface area contributed by atoms with E-state index in [1.807, 2.05) is 24.3 Å². The van der Waals surface area contributed by atoms with Gasteiger partial charge in [-0.3, -0.25) is 10.0 Å². The first kappa shape index (κ1) is 18.1. The van der Waals surface area contributed by atoms with Crippen molar-refractivity contribution >= 4 is 17.4 Å². The molecule has 0 saturated heterocycles. The smallest absolute Gasteiger partial charge is 0.233 e. The highest BCUT2D eigenvalue weighted by atomic mass is 16.5. The van der Waals surface area contributed by atoms with Crippen molar-refractivity contribution in [2.75, 3.05) is 6.54 Å². The quantitative estimate of drug-likeness (QED) is 0.256. The predicted molar refractivity (Wildman–Crippen MR) is 94.8 cm³/mol. The van der Waals surface area contributed by atoms with Crippen LogP contribution >= 0.6 is 0 Å². The van der Waals surface area contributed by atoms with E-state index in [0.717, 1.165) is 42.2 Å². The number of carbonyl (C=O) groups excluding carboxylic acids is 1. The molecule has 26 heavy (non-hydrogen) atoms. The Hall–Kier alpha value is -2.67. The van der Waals surface area contributed by atoms with Crippen LogP contribution in [0.1, 0.15) is 55.9 Å². The molecule has 3 aromatic rings. The summed E-state index contributed by atoms with van der Waals surface area (Å²) in [6, 6.07) is 7.77. The largest absolute Gasteiger partial charge is 0.464 e. The minimum atomic E-state index is -0.178. The molecule has 2 heterocycles. The Morgan fingerprint density at radius 3 is 2.96 bits per heavy atom. The van der Waals surface area contributed by atoms with Crippen molar-refractivity contribution in [1.82, 2.24) is 15.3 Å². The van der Waals surface area contributed by atoms with Crippen molar-refractivity contribution in [2.45, 2.75) is 44.9 Å². The minimum Gasteiger partial charge on any atom is -0.464 e. The van der Waals surface area contributed by atoms with Crippen molar-refractivity contribution in [2.24, 2.45) is 0 Å². The van der Waals surface area contributed by atoms with Crippen LogP contribution < -0.4 is 0 Å². The number of hydrogen-bond acceptors (Lipinski definition) is 6. The van der Waals surface area contributed by atoms with E-state index in [1.54, 1.807) is 6.26 Å². The van der Waals surface area contributed by atoms with Gasteiger partial charge < -0.3 is 8.83 Å². The zero-order valence-corrected chi connectivity index (χ0v) is 14.8. The maximum Gasteiger partial charge on any atom is 0.233 e. The summed E-state index contributed by atoms with van der Waals surface area (Å²) in [4.78, 5) is 10.7. The third-order valence-electron chi connectivity index (χ3n) is 4.44. The molecule has 0 bridgehead atoms. The maximum absolute atomic E-state index is 10.7. The average Bonchev–Trinajstić information content (AvgIpc) is 3.30. The van der Waals surface area contributed by atoms with Gasteiger partial charge in [0.25, 0.3) is 0 Å². The van der Waals surface area contributed by atoms with Crippen LogP contribution in [0.5, 0.6) is 0 Å². The van der Waals surface area contributed by atoms with Crippen LogP contribution in [0.4, 0.5) is 0 Å². The number of hydroxylamine groups is 2. The topological polar surface area (TPSA) is 92.6 Å². The molecule has 0 saturated carbocycles. The molecule has 3 rings (SSSR count). The first-order valence-corrected chi connectivity index (χ1v) is 8.89. The molecule has 0 aliphatic carbocycles. The number of unbranched alkanes of at least 4 members (excludes halogenated alkanes) is 2. The number of rotatable bonds is 10. The third-order valence-corrected chi connectivity index (χ3v) is 4.44. The molecule has 0 spiro atoms. The van der Waals surface area contributed by atoms with E-state index < -0.39 is 0 Å². The highest BCUT2D eigenvalue weighted by Gasteiger charge is 2.21. The van der Waals surface area contributed by atoms with E-state index >= 15 is 0 Å². The molecular weight excluding hydrogens is 334 g/mol. The number of amides is 1. The predicted octanol–water partition coefficient (Wildman–Crippen LogP) is 3.92. The summed E-state index contributed by atoms with van der Waals surface area (Å²) in [5.74, 6) is 0.781. The van der Waals surface area contributed by atoms with Crippen molar-refractivity contribution in [3.8, 4) is 0 Å². The Morgan fingerprint density at radius 1 is 1.27 bits per heavy atom. The van der Waals surface area contributed by atoms with Gasteiger partial charge in [0.15, 0.2) is 0 Å². The van der Waals surface area contributed by atoms with Crippen LogP contribution in [-0.4, -0.2) is 33.4 Å². The molecule has 0 radical (unpaired) electrons. The summed E-state index contributed by atoms with van der Waals surface area (Å²) < 4.78 is 11.3. The maximum atomic E-state index is 10.7. The van der Waals surface area contributed by atoms with E-state index in [1.165, 1.54) is 0 Å². The first-order chi connectivity index (χ1) is 12.7. The van der Waals surface area contributed by atoms with Gasteiger partial charge in [0.2, 0.25) is 18.2 Å². The lowest BCUT2D eigenvalue weighted by Gasteiger charge is -2.16. The van der Waals surface area contributed by atoms with E-state index in [2.05, 4.69) is 17.1 Å². The minimum absolute atomic E-state index is 0.145. The number of benzene rings is 1. The lowest BCUT2D eigenvalue weighted by molar-refractivity contribution is -0.151. The first-order valence-electron chi connectivity index (χ1n) is 8.89. The van der Waals surface area contributed by atoms with Gasteiger partial charge in [-0.2, -0.15) is 0 Å². The average molecular weight is 357 g/mol. The van der Waals surface area contributed by atoms with E-state index in [9.17, 15) is 10.0 Å². The van der Waals surface area contributed by atoms with Gasteiger partial charge in [0.1, 0.15) is 5.58 Å². The molecule has 7 nitrogen and oxygen atoms in total. The Morgan fingerprint density at radius 2 is 2.15 bits per heavy atom. The summed E-state index contributed by atoms with van der Waals surface area (Å²) in [5.41, 5.74) is 1.87.